The van der Waals surface area contributed by atoms with Crippen LogP contribution >= 0.6 is 0 Å². The Morgan fingerprint density at radius 1 is 1.36 bits per heavy atom. The largest absolute Gasteiger partial charge is 0.492 e. The summed E-state index contributed by atoms with van der Waals surface area (Å²) in [6.45, 7) is 2.03. The lowest BCUT2D eigenvalue weighted by molar-refractivity contribution is -0.128. The number of nitrogens with zero attached hydrogens (tertiary/aromatic N) is 1. The molecule has 3 N–H and O–H groups in total. The molecule has 6 heteroatoms. The Bertz CT molecular complexity index is 493. The van der Waals surface area contributed by atoms with E-state index in [2.05, 4.69) is 5.32 Å². The van der Waals surface area contributed by atoms with Crippen LogP contribution in [0.5, 0.6) is 5.75 Å². The first-order chi connectivity index (χ1) is 10.7. The lowest BCUT2D eigenvalue weighted by atomic mass is 10.2. The van der Waals surface area contributed by atoms with E-state index in [1.807, 2.05) is 30.3 Å². The number of nitrogens with one attached hydrogen (secondary N) is 1. The van der Waals surface area contributed by atoms with Gasteiger partial charge in [-0.15, -0.1) is 0 Å². The third-order valence-electron chi connectivity index (χ3n) is 3.56. The van der Waals surface area contributed by atoms with E-state index in [1.54, 1.807) is 4.90 Å². The van der Waals surface area contributed by atoms with Gasteiger partial charge in [-0.1, -0.05) is 18.2 Å². The first-order valence-corrected chi connectivity index (χ1v) is 7.64. The molecule has 0 spiro atoms. The second-order valence-corrected chi connectivity index (χ2v) is 5.36. The average Bonchev–Trinajstić information content (AvgIpc) is 2.86. The number of rotatable bonds is 8. The summed E-state index contributed by atoms with van der Waals surface area (Å²) in [7, 11) is 0. The maximum Gasteiger partial charge on any atom is 0.224 e. The second kappa shape index (κ2) is 8.38. The molecule has 1 fully saturated rings. The number of amides is 2. The number of para-hydroxylation sites is 1. The summed E-state index contributed by atoms with van der Waals surface area (Å²) < 4.78 is 5.59. The highest BCUT2D eigenvalue weighted by atomic mass is 16.5. The number of carbonyl (C=O) groups is 2. The highest BCUT2D eigenvalue weighted by Gasteiger charge is 2.30. The Balaban J connectivity index is 1.69. The van der Waals surface area contributed by atoms with E-state index in [-0.39, 0.29) is 17.9 Å². The smallest absolute Gasteiger partial charge is 0.224 e. The molecule has 22 heavy (non-hydrogen) atoms. The number of benzene rings is 1. The van der Waals surface area contributed by atoms with E-state index in [4.69, 9.17) is 10.5 Å². The minimum absolute atomic E-state index is 0.0364. The molecule has 120 valence electrons. The van der Waals surface area contributed by atoms with Gasteiger partial charge in [0, 0.05) is 19.4 Å². The summed E-state index contributed by atoms with van der Waals surface area (Å²) in [6, 6.07) is 9.40. The predicted molar refractivity (Wildman–Crippen MR) is 83.4 cm³/mol. The van der Waals surface area contributed by atoms with Crippen molar-refractivity contribution in [2.75, 3.05) is 26.2 Å². The summed E-state index contributed by atoms with van der Waals surface area (Å²) in [4.78, 5) is 25.3. The molecular weight excluding hydrogens is 282 g/mol. The molecule has 0 bridgehead atoms. The summed E-state index contributed by atoms with van der Waals surface area (Å²) in [6.07, 6.45) is 1.44. The van der Waals surface area contributed by atoms with Gasteiger partial charge in [-0.05, 0) is 25.1 Å². The number of hydrogen-bond acceptors (Lipinski definition) is 4. The van der Waals surface area contributed by atoms with Crippen LogP contribution in [-0.4, -0.2) is 49.0 Å². The minimum atomic E-state index is -0.102. The van der Waals surface area contributed by atoms with Gasteiger partial charge in [0.05, 0.1) is 12.6 Å². The molecule has 0 radical (unpaired) electrons. The molecule has 1 saturated heterocycles. The lowest BCUT2D eigenvalue weighted by Gasteiger charge is -2.17. The Hall–Kier alpha value is -2.08. The van der Waals surface area contributed by atoms with Gasteiger partial charge in [0.2, 0.25) is 11.8 Å². The van der Waals surface area contributed by atoms with Crippen LogP contribution in [0.1, 0.15) is 19.3 Å². The van der Waals surface area contributed by atoms with Crippen molar-refractivity contribution in [1.82, 2.24) is 10.2 Å². The summed E-state index contributed by atoms with van der Waals surface area (Å²) in [5.41, 5.74) is 5.38. The third kappa shape index (κ3) is 5.04. The number of likely N-dealkylation sites (tertiary alicyclic amines) is 1. The molecule has 1 atom stereocenters. The zero-order valence-electron chi connectivity index (χ0n) is 12.7. The van der Waals surface area contributed by atoms with Gasteiger partial charge >= 0.3 is 0 Å². The molecule has 2 amide bonds. The first kappa shape index (κ1) is 16.3. The average molecular weight is 305 g/mol. The van der Waals surface area contributed by atoms with E-state index < -0.39 is 0 Å². The Morgan fingerprint density at radius 2 is 2.14 bits per heavy atom. The van der Waals surface area contributed by atoms with Crippen molar-refractivity contribution < 1.29 is 14.3 Å². The van der Waals surface area contributed by atoms with Gasteiger partial charge in [-0.25, -0.2) is 0 Å². The Labute approximate surface area is 130 Å². The van der Waals surface area contributed by atoms with Crippen LogP contribution in [0.25, 0.3) is 0 Å². The van der Waals surface area contributed by atoms with Gasteiger partial charge < -0.3 is 20.7 Å². The van der Waals surface area contributed by atoms with Crippen molar-refractivity contribution in [3.8, 4) is 5.75 Å². The van der Waals surface area contributed by atoms with Crippen LogP contribution in [0, 0.1) is 0 Å². The maximum absolute atomic E-state index is 11.9. The van der Waals surface area contributed by atoms with Gasteiger partial charge in [0.1, 0.15) is 12.4 Å². The highest BCUT2D eigenvalue weighted by Crippen LogP contribution is 2.12. The zero-order chi connectivity index (χ0) is 15.8. The SMILES string of the molecule is NCCCC(=O)NC1CC(=O)N(CCOc2ccccc2)C1. The summed E-state index contributed by atoms with van der Waals surface area (Å²) in [5.74, 6) is 0.812. The molecule has 1 aliphatic heterocycles. The van der Waals surface area contributed by atoms with Crippen molar-refractivity contribution in [1.29, 1.82) is 0 Å². The van der Waals surface area contributed by atoms with Gasteiger partial charge in [-0.2, -0.15) is 0 Å². The molecule has 0 aliphatic carbocycles. The zero-order valence-corrected chi connectivity index (χ0v) is 12.7. The highest BCUT2D eigenvalue weighted by molar-refractivity contribution is 5.82. The molecule has 1 unspecified atom stereocenters. The lowest BCUT2D eigenvalue weighted by Crippen LogP contribution is -2.38. The van der Waals surface area contributed by atoms with E-state index >= 15 is 0 Å². The van der Waals surface area contributed by atoms with Crippen LogP contribution in [0.3, 0.4) is 0 Å². The molecule has 1 heterocycles. The Kier molecular flexibility index (Phi) is 6.21. The van der Waals surface area contributed by atoms with Crippen molar-refractivity contribution in [2.45, 2.75) is 25.3 Å². The van der Waals surface area contributed by atoms with E-state index in [9.17, 15) is 9.59 Å². The van der Waals surface area contributed by atoms with Crippen molar-refractivity contribution >= 4 is 11.8 Å². The van der Waals surface area contributed by atoms with Crippen LogP contribution in [0.4, 0.5) is 0 Å². The molecule has 1 aromatic rings. The number of hydrogen-bond donors (Lipinski definition) is 2. The Morgan fingerprint density at radius 3 is 2.86 bits per heavy atom. The second-order valence-electron chi connectivity index (χ2n) is 5.36. The molecule has 1 aromatic carbocycles. The van der Waals surface area contributed by atoms with E-state index in [0.717, 1.165) is 5.75 Å². The standard InChI is InChI=1S/C16H23N3O3/c17-8-4-7-15(20)18-13-11-16(21)19(12-13)9-10-22-14-5-2-1-3-6-14/h1-3,5-6,13H,4,7-12,17H2,(H,18,20). The topological polar surface area (TPSA) is 84.7 Å². The van der Waals surface area contributed by atoms with Crippen LogP contribution in [0.2, 0.25) is 0 Å². The fraction of sp³-hybridized carbons (Fsp3) is 0.500. The van der Waals surface area contributed by atoms with Gasteiger partial charge in [0.15, 0.2) is 0 Å². The van der Waals surface area contributed by atoms with Gasteiger partial charge in [0.25, 0.3) is 0 Å². The van der Waals surface area contributed by atoms with E-state index in [1.165, 1.54) is 0 Å². The quantitative estimate of drug-likeness (QED) is 0.733. The molecular formula is C16H23N3O3. The number of ether oxygens (including phenoxy) is 1. The fourth-order valence-corrected chi connectivity index (χ4v) is 2.44. The maximum atomic E-state index is 11.9. The molecule has 0 aromatic heterocycles. The van der Waals surface area contributed by atoms with E-state index in [0.29, 0.717) is 45.5 Å². The normalized spacial score (nSPS) is 17.6. The van der Waals surface area contributed by atoms with Crippen LogP contribution < -0.4 is 15.8 Å². The monoisotopic (exact) mass is 305 g/mol. The number of carbonyl (C=O) groups excluding carboxylic acids is 2. The molecule has 1 aliphatic rings. The third-order valence-corrected chi connectivity index (χ3v) is 3.56. The van der Waals surface area contributed by atoms with Gasteiger partial charge in [-0.3, -0.25) is 9.59 Å². The van der Waals surface area contributed by atoms with Crippen LogP contribution in [0.15, 0.2) is 30.3 Å². The van der Waals surface area contributed by atoms with Crippen molar-refractivity contribution in [3.05, 3.63) is 30.3 Å². The predicted octanol–water partition coefficient (Wildman–Crippen LogP) is 0.521. The van der Waals surface area contributed by atoms with Crippen LogP contribution in [-0.2, 0) is 9.59 Å². The minimum Gasteiger partial charge on any atom is -0.492 e. The molecule has 6 nitrogen and oxygen atoms in total. The summed E-state index contributed by atoms with van der Waals surface area (Å²) >= 11 is 0. The molecule has 2 rings (SSSR count). The van der Waals surface area contributed by atoms with Crippen molar-refractivity contribution in [3.63, 3.8) is 0 Å². The number of nitrogens with two attached hydrogens (primary N) is 1. The fourth-order valence-electron chi connectivity index (χ4n) is 2.44. The summed E-state index contributed by atoms with van der Waals surface area (Å²) in [5, 5.41) is 2.88. The molecule has 0 saturated carbocycles. The first-order valence-electron chi connectivity index (χ1n) is 7.64. The van der Waals surface area contributed by atoms with Crippen molar-refractivity contribution in [2.24, 2.45) is 5.73 Å².